The molecule has 2 atom stereocenters. The van der Waals surface area contributed by atoms with Gasteiger partial charge in [0, 0.05) is 13.2 Å². The van der Waals surface area contributed by atoms with Crippen LogP contribution < -0.4 is 0 Å². The van der Waals surface area contributed by atoms with Crippen molar-refractivity contribution in [3.8, 4) is 0 Å². The Labute approximate surface area is 101 Å². The Balaban J connectivity index is 2.15. The molecule has 0 spiro atoms. The van der Waals surface area contributed by atoms with Gasteiger partial charge in [-0.05, 0) is 39.0 Å². The molecule has 1 unspecified atom stereocenters. The summed E-state index contributed by atoms with van der Waals surface area (Å²) in [6.45, 7) is 2.77. The van der Waals surface area contributed by atoms with E-state index < -0.39 is 17.6 Å². The van der Waals surface area contributed by atoms with Crippen LogP contribution >= 0.6 is 0 Å². The summed E-state index contributed by atoms with van der Waals surface area (Å²) >= 11 is 0. The normalized spacial score (nSPS) is 33.7. The highest BCUT2D eigenvalue weighted by Gasteiger charge is 2.46. The number of carbonyl (C=O) groups excluding carboxylic acids is 1. The van der Waals surface area contributed by atoms with E-state index in [4.69, 9.17) is 4.74 Å². The molecule has 96 valence electrons. The summed E-state index contributed by atoms with van der Waals surface area (Å²) in [5, 5.41) is 9.32. The SMILES string of the molecule is CC1(C(=O)O)CCCCN1C(=O)[C@@H]1CCCO1. The van der Waals surface area contributed by atoms with Crippen LogP contribution in [-0.2, 0) is 14.3 Å². The van der Waals surface area contributed by atoms with Gasteiger partial charge in [-0.15, -0.1) is 0 Å². The molecular weight excluding hydrogens is 222 g/mol. The second-order valence-electron chi connectivity index (χ2n) is 5.03. The van der Waals surface area contributed by atoms with E-state index in [0.29, 0.717) is 26.0 Å². The van der Waals surface area contributed by atoms with Crippen molar-refractivity contribution in [1.82, 2.24) is 4.90 Å². The number of piperidine rings is 1. The van der Waals surface area contributed by atoms with Crippen molar-refractivity contribution in [2.24, 2.45) is 0 Å². The first-order chi connectivity index (χ1) is 8.05. The molecule has 0 aromatic rings. The lowest BCUT2D eigenvalue weighted by Crippen LogP contribution is -2.59. The number of ether oxygens (including phenoxy) is 1. The number of hydrogen-bond acceptors (Lipinski definition) is 3. The maximum absolute atomic E-state index is 12.3. The van der Waals surface area contributed by atoms with E-state index in [1.165, 1.54) is 4.90 Å². The molecule has 0 aliphatic carbocycles. The minimum atomic E-state index is -1.05. The van der Waals surface area contributed by atoms with E-state index >= 15 is 0 Å². The van der Waals surface area contributed by atoms with Crippen LogP contribution in [0.25, 0.3) is 0 Å². The summed E-state index contributed by atoms with van der Waals surface area (Å²) in [5.74, 6) is -1.06. The van der Waals surface area contributed by atoms with E-state index in [1.807, 2.05) is 0 Å². The van der Waals surface area contributed by atoms with E-state index in [0.717, 1.165) is 19.3 Å². The topological polar surface area (TPSA) is 66.8 Å². The van der Waals surface area contributed by atoms with Crippen molar-refractivity contribution in [2.45, 2.75) is 50.7 Å². The monoisotopic (exact) mass is 241 g/mol. The molecule has 2 rings (SSSR count). The molecule has 5 heteroatoms. The largest absolute Gasteiger partial charge is 0.480 e. The summed E-state index contributed by atoms with van der Waals surface area (Å²) in [6, 6.07) is 0. The van der Waals surface area contributed by atoms with E-state index in [-0.39, 0.29) is 5.91 Å². The number of carboxylic acid groups (broad SMARTS) is 1. The molecule has 2 saturated heterocycles. The Morgan fingerprint density at radius 2 is 2.12 bits per heavy atom. The molecule has 5 nitrogen and oxygen atoms in total. The number of hydrogen-bond donors (Lipinski definition) is 1. The highest BCUT2D eigenvalue weighted by atomic mass is 16.5. The van der Waals surface area contributed by atoms with Gasteiger partial charge in [0.05, 0.1) is 0 Å². The molecule has 2 fully saturated rings. The minimum absolute atomic E-state index is 0.146. The Hall–Kier alpha value is -1.10. The van der Waals surface area contributed by atoms with Gasteiger partial charge in [-0.2, -0.15) is 0 Å². The molecular formula is C12H19NO4. The lowest BCUT2D eigenvalue weighted by atomic mass is 9.88. The fourth-order valence-corrected chi connectivity index (χ4v) is 2.64. The molecule has 0 aromatic heterocycles. The van der Waals surface area contributed by atoms with E-state index in [2.05, 4.69) is 0 Å². The zero-order valence-electron chi connectivity index (χ0n) is 10.1. The molecule has 2 aliphatic heterocycles. The molecule has 0 aromatic carbocycles. The van der Waals surface area contributed by atoms with Crippen LogP contribution in [0.2, 0.25) is 0 Å². The maximum atomic E-state index is 12.3. The zero-order valence-corrected chi connectivity index (χ0v) is 10.1. The Bertz CT molecular complexity index is 324. The molecule has 0 radical (unpaired) electrons. The molecule has 2 aliphatic rings. The fourth-order valence-electron chi connectivity index (χ4n) is 2.64. The van der Waals surface area contributed by atoms with E-state index in [9.17, 15) is 14.7 Å². The Morgan fingerprint density at radius 3 is 2.71 bits per heavy atom. The van der Waals surface area contributed by atoms with Gasteiger partial charge in [0.15, 0.2) is 0 Å². The van der Waals surface area contributed by atoms with Crippen LogP contribution in [0.1, 0.15) is 39.0 Å². The Morgan fingerprint density at radius 1 is 1.35 bits per heavy atom. The molecule has 1 N–H and O–H groups in total. The van der Waals surface area contributed by atoms with Gasteiger partial charge in [-0.3, -0.25) is 4.79 Å². The van der Waals surface area contributed by atoms with Crippen molar-refractivity contribution >= 4 is 11.9 Å². The first kappa shape index (κ1) is 12.4. The van der Waals surface area contributed by atoms with Crippen LogP contribution in [0, 0.1) is 0 Å². The second kappa shape index (κ2) is 4.64. The first-order valence-electron chi connectivity index (χ1n) is 6.22. The smallest absolute Gasteiger partial charge is 0.329 e. The highest BCUT2D eigenvalue weighted by Crippen LogP contribution is 2.30. The molecule has 2 heterocycles. The third kappa shape index (κ3) is 2.16. The van der Waals surface area contributed by atoms with Crippen LogP contribution in [0.15, 0.2) is 0 Å². The lowest BCUT2D eigenvalue weighted by Gasteiger charge is -2.42. The number of carboxylic acids is 1. The van der Waals surface area contributed by atoms with Crippen molar-refractivity contribution in [3.05, 3.63) is 0 Å². The second-order valence-corrected chi connectivity index (χ2v) is 5.03. The number of likely N-dealkylation sites (tertiary alicyclic amines) is 1. The third-order valence-corrected chi connectivity index (χ3v) is 3.82. The number of rotatable bonds is 2. The van der Waals surface area contributed by atoms with Crippen LogP contribution in [0.5, 0.6) is 0 Å². The minimum Gasteiger partial charge on any atom is -0.480 e. The molecule has 0 saturated carbocycles. The predicted molar refractivity (Wildman–Crippen MR) is 60.6 cm³/mol. The summed E-state index contributed by atoms with van der Waals surface area (Å²) in [5.41, 5.74) is -1.05. The Kier molecular flexibility index (Phi) is 3.38. The van der Waals surface area contributed by atoms with Crippen molar-refractivity contribution in [2.75, 3.05) is 13.2 Å². The average Bonchev–Trinajstić information content (AvgIpc) is 2.82. The lowest BCUT2D eigenvalue weighted by molar-refractivity contribution is -0.165. The zero-order chi connectivity index (χ0) is 12.5. The van der Waals surface area contributed by atoms with Crippen molar-refractivity contribution < 1.29 is 19.4 Å². The van der Waals surface area contributed by atoms with Gasteiger partial charge >= 0.3 is 5.97 Å². The number of aliphatic carboxylic acids is 1. The highest BCUT2D eigenvalue weighted by molar-refractivity contribution is 5.89. The van der Waals surface area contributed by atoms with Gasteiger partial charge in [0.1, 0.15) is 11.6 Å². The molecule has 0 bridgehead atoms. The van der Waals surface area contributed by atoms with Crippen LogP contribution in [0.3, 0.4) is 0 Å². The van der Waals surface area contributed by atoms with Gasteiger partial charge < -0.3 is 14.7 Å². The number of nitrogens with zero attached hydrogens (tertiary/aromatic N) is 1. The van der Waals surface area contributed by atoms with Crippen molar-refractivity contribution in [1.29, 1.82) is 0 Å². The third-order valence-electron chi connectivity index (χ3n) is 3.82. The molecule has 17 heavy (non-hydrogen) atoms. The van der Waals surface area contributed by atoms with Gasteiger partial charge in [0.2, 0.25) is 0 Å². The molecule has 1 amide bonds. The predicted octanol–water partition coefficient (Wildman–Crippen LogP) is 1.02. The standard InChI is InChI=1S/C12H19NO4/c1-12(11(15)16)6-2-3-7-13(12)10(14)9-5-4-8-17-9/h9H,2-8H2,1H3,(H,15,16)/t9-,12?/m0/s1. The van der Waals surface area contributed by atoms with Crippen molar-refractivity contribution in [3.63, 3.8) is 0 Å². The summed E-state index contributed by atoms with van der Waals surface area (Å²) in [7, 11) is 0. The summed E-state index contributed by atoms with van der Waals surface area (Å²) in [6.07, 6.45) is 3.44. The quantitative estimate of drug-likeness (QED) is 0.784. The number of carbonyl (C=O) groups is 2. The summed E-state index contributed by atoms with van der Waals surface area (Å²) < 4.78 is 5.36. The average molecular weight is 241 g/mol. The first-order valence-corrected chi connectivity index (χ1v) is 6.22. The summed E-state index contributed by atoms with van der Waals surface area (Å²) in [4.78, 5) is 25.1. The number of amides is 1. The van der Waals surface area contributed by atoms with Crippen LogP contribution in [0.4, 0.5) is 0 Å². The van der Waals surface area contributed by atoms with Crippen LogP contribution in [-0.4, -0.2) is 46.7 Å². The fraction of sp³-hybridized carbons (Fsp3) is 0.833. The maximum Gasteiger partial charge on any atom is 0.329 e. The van der Waals surface area contributed by atoms with Gasteiger partial charge in [-0.25, -0.2) is 4.79 Å². The van der Waals surface area contributed by atoms with Gasteiger partial charge in [-0.1, -0.05) is 0 Å². The van der Waals surface area contributed by atoms with Gasteiger partial charge in [0.25, 0.3) is 5.91 Å². The van der Waals surface area contributed by atoms with E-state index in [1.54, 1.807) is 6.92 Å².